The number of amides is 1. The van der Waals surface area contributed by atoms with Crippen molar-refractivity contribution in [3.63, 3.8) is 0 Å². The van der Waals surface area contributed by atoms with Gasteiger partial charge in [-0.3, -0.25) is 4.79 Å². The molecule has 0 bridgehead atoms. The molecular weight excluding hydrogens is 312 g/mol. The highest BCUT2D eigenvalue weighted by molar-refractivity contribution is 6.32. The van der Waals surface area contributed by atoms with E-state index in [4.69, 9.17) is 16.3 Å². The second-order valence-electron chi connectivity index (χ2n) is 4.65. The van der Waals surface area contributed by atoms with Crippen LogP contribution in [0.5, 0.6) is 5.75 Å². The van der Waals surface area contributed by atoms with E-state index >= 15 is 0 Å². The molecule has 0 saturated carbocycles. The number of carbonyl (C=O) groups excluding carboxylic acids is 1. The highest BCUT2D eigenvalue weighted by atomic mass is 35.5. The Hall–Kier alpha value is -2.14. The van der Waals surface area contributed by atoms with Crippen LogP contribution in [0.4, 0.5) is 14.5 Å². The van der Waals surface area contributed by atoms with Gasteiger partial charge in [0.15, 0.2) is 11.6 Å². The lowest BCUT2D eigenvalue weighted by Crippen LogP contribution is -2.12. The first-order valence-corrected chi connectivity index (χ1v) is 6.94. The van der Waals surface area contributed by atoms with Crippen LogP contribution in [0.15, 0.2) is 36.4 Å². The summed E-state index contributed by atoms with van der Waals surface area (Å²) in [5.74, 6) is -1.55. The fourth-order valence-corrected chi connectivity index (χ4v) is 2.18. The maximum Gasteiger partial charge on any atom is 0.224 e. The van der Waals surface area contributed by atoms with Crippen LogP contribution in [0.25, 0.3) is 0 Å². The third-order valence-corrected chi connectivity index (χ3v) is 3.36. The number of benzene rings is 2. The van der Waals surface area contributed by atoms with Gasteiger partial charge < -0.3 is 10.1 Å². The van der Waals surface area contributed by atoms with Gasteiger partial charge in [-0.15, -0.1) is 0 Å². The normalized spacial score (nSPS) is 10.4. The largest absolute Gasteiger partial charge is 0.495 e. The minimum Gasteiger partial charge on any atom is -0.495 e. The van der Waals surface area contributed by atoms with Crippen LogP contribution in [0.2, 0.25) is 5.02 Å². The molecule has 0 atom stereocenters. The standard InChI is InChI=1S/C16H14ClF2NO2/c1-22-15-6-4-11(9-12(15)17)20-16(21)7-3-10-2-5-13(18)14(19)8-10/h2,4-6,8-9H,3,7H2,1H3,(H,20,21). The van der Waals surface area contributed by atoms with Crippen molar-refractivity contribution >= 4 is 23.2 Å². The molecule has 0 aliphatic heterocycles. The van der Waals surface area contributed by atoms with Crippen molar-refractivity contribution in [2.24, 2.45) is 0 Å². The Labute approximate surface area is 131 Å². The average Bonchev–Trinajstić information content (AvgIpc) is 2.49. The molecule has 0 aromatic heterocycles. The molecule has 3 nitrogen and oxygen atoms in total. The lowest BCUT2D eigenvalue weighted by molar-refractivity contribution is -0.116. The number of halogens is 3. The molecule has 0 unspecified atom stereocenters. The van der Waals surface area contributed by atoms with Crippen LogP contribution in [0, 0.1) is 11.6 Å². The van der Waals surface area contributed by atoms with Gasteiger partial charge in [-0.05, 0) is 42.3 Å². The van der Waals surface area contributed by atoms with Crippen molar-refractivity contribution in [2.45, 2.75) is 12.8 Å². The van der Waals surface area contributed by atoms with Crippen LogP contribution in [-0.4, -0.2) is 13.0 Å². The van der Waals surface area contributed by atoms with Crippen molar-refractivity contribution in [3.05, 3.63) is 58.6 Å². The molecule has 1 N–H and O–H groups in total. The zero-order chi connectivity index (χ0) is 16.1. The second-order valence-corrected chi connectivity index (χ2v) is 5.05. The summed E-state index contributed by atoms with van der Waals surface area (Å²) in [6.07, 6.45) is 0.460. The zero-order valence-corrected chi connectivity index (χ0v) is 12.6. The molecule has 0 aliphatic carbocycles. The molecule has 1 amide bonds. The van der Waals surface area contributed by atoms with E-state index < -0.39 is 11.6 Å². The van der Waals surface area contributed by atoms with Crippen molar-refractivity contribution < 1.29 is 18.3 Å². The fraction of sp³-hybridized carbons (Fsp3) is 0.188. The first-order chi connectivity index (χ1) is 10.5. The summed E-state index contributed by atoms with van der Waals surface area (Å²) < 4.78 is 30.9. The number of hydrogen-bond acceptors (Lipinski definition) is 2. The molecule has 2 aromatic carbocycles. The molecular formula is C16H14ClF2NO2. The van der Waals surface area contributed by atoms with Crippen molar-refractivity contribution in [2.75, 3.05) is 12.4 Å². The van der Waals surface area contributed by atoms with Gasteiger partial charge in [0.1, 0.15) is 5.75 Å². The van der Waals surface area contributed by atoms with Crippen molar-refractivity contribution in [1.82, 2.24) is 0 Å². The number of methoxy groups -OCH3 is 1. The lowest BCUT2D eigenvalue weighted by Gasteiger charge is -2.08. The molecule has 6 heteroatoms. The van der Waals surface area contributed by atoms with E-state index in [0.717, 1.165) is 12.1 Å². The third-order valence-electron chi connectivity index (χ3n) is 3.06. The van der Waals surface area contributed by atoms with Gasteiger partial charge in [0.25, 0.3) is 0 Å². The summed E-state index contributed by atoms with van der Waals surface area (Å²) in [4.78, 5) is 11.9. The molecule has 0 heterocycles. The summed E-state index contributed by atoms with van der Waals surface area (Å²) in [6.45, 7) is 0. The number of ether oxygens (including phenoxy) is 1. The molecule has 0 radical (unpaired) electrons. The van der Waals surface area contributed by atoms with Gasteiger partial charge in [0.05, 0.1) is 12.1 Å². The van der Waals surface area contributed by atoms with Crippen molar-refractivity contribution in [3.8, 4) is 5.75 Å². The minimum absolute atomic E-state index is 0.148. The smallest absolute Gasteiger partial charge is 0.224 e. The third kappa shape index (κ3) is 4.18. The molecule has 0 fully saturated rings. The monoisotopic (exact) mass is 325 g/mol. The van der Waals surface area contributed by atoms with Crippen molar-refractivity contribution in [1.29, 1.82) is 0 Å². The highest BCUT2D eigenvalue weighted by Gasteiger charge is 2.08. The summed E-state index contributed by atoms with van der Waals surface area (Å²) in [5, 5.41) is 3.07. The fourth-order valence-electron chi connectivity index (χ4n) is 1.92. The number of nitrogens with one attached hydrogen (secondary N) is 1. The van der Waals surface area contributed by atoms with E-state index in [2.05, 4.69) is 5.32 Å². The van der Waals surface area contributed by atoms with Crippen LogP contribution in [0.3, 0.4) is 0 Å². The predicted molar refractivity (Wildman–Crippen MR) is 81.3 cm³/mol. The molecule has 22 heavy (non-hydrogen) atoms. The topological polar surface area (TPSA) is 38.3 Å². The van der Waals surface area contributed by atoms with E-state index in [1.54, 1.807) is 18.2 Å². The first kappa shape index (κ1) is 16.2. The van der Waals surface area contributed by atoms with E-state index in [-0.39, 0.29) is 12.3 Å². The Kier molecular flexibility index (Phi) is 5.33. The Bertz CT molecular complexity index is 692. The van der Waals surface area contributed by atoms with Gasteiger partial charge in [0.2, 0.25) is 5.91 Å². The summed E-state index contributed by atoms with van der Waals surface area (Å²) in [6, 6.07) is 8.48. The molecule has 2 rings (SSSR count). The predicted octanol–water partition coefficient (Wildman–Crippen LogP) is 4.20. The van der Waals surface area contributed by atoms with Crippen LogP contribution < -0.4 is 10.1 Å². The molecule has 0 saturated heterocycles. The first-order valence-electron chi connectivity index (χ1n) is 6.57. The van der Waals surface area contributed by atoms with Gasteiger partial charge >= 0.3 is 0 Å². The quantitative estimate of drug-likeness (QED) is 0.894. The second kappa shape index (κ2) is 7.22. The summed E-state index contributed by atoms with van der Waals surface area (Å²) in [7, 11) is 1.50. The summed E-state index contributed by atoms with van der Waals surface area (Å²) >= 11 is 5.96. The van der Waals surface area contributed by atoms with Gasteiger partial charge in [-0.1, -0.05) is 17.7 Å². The van der Waals surface area contributed by atoms with E-state index in [1.807, 2.05) is 0 Å². The molecule has 0 spiro atoms. The number of aryl methyl sites for hydroxylation is 1. The maximum absolute atomic E-state index is 13.1. The van der Waals surface area contributed by atoms with E-state index in [1.165, 1.54) is 13.2 Å². The van der Waals surface area contributed by atoms with Crippen LogP contribution in [0.1, 0.15) is 12.0 Å². The number of carbonyl (C=O) groups is 1. The van der Waals surface area contributed by atoms with Crippen LogP contribution >= 0.6 is 11.6 Å². The van der Waals surface area contributed by atoms with Gasteiger partial charge in [-0.2, -0.15) is 0 Å². The van der Waals surface area contributed by atoms with E-state index in [9.17, 15) is 13.6 Å². The number of anilines is 1. The molecule has 116 valence electrons. The Morgan fingerprint density at radius 1 is 1.18 bits per heavy atom. The van der Waals surface area contributed by atoms with Gasteiger partial charge in [0, 0.05) is 12.1 Å². The summed E-state index contributed by atoms with van der Waals surface area (Å²) in [5.41, 5.74) is 1.10. The Morgan fingerprint density at radius 3 is 2.59 bits per heavy atom. The average molecular weight is 326 g/mol. The van der Waals surface area contributed by atoms with Gasteiger partial charge in [-0.25, -0.2) is 8.78 Å². The lowest BCUT2D eigenvalue weighted by atomic mass is 10.1. The van der Waals surface area contributed by atoms with E-state index in [0.29, 0.717) is 28.4 Å². The highest BCUT2D eigenvalue weighted by Crippen LogP contribution is 2.27. The Balaban J connectivity index is 1.92. The number of rotatable bonds is 5. The Morgan fingerprint density at radius 2 is 1.95 bits per heavy atom. The maximum atomic E-state index is 13.1. The zero-order valence-electron chi connectivity index (χ0n) is 11.8. The SMILES string of the molecule is COc1ccc(NC(=O)CCc2ccc(F)c(F)c2)cc1Cl. The number of hydrogen-bond donors (Lipinski definition) is 1. The molecule has 2 aromatic rings. The van der Waals surface area contributed by atoms with Crippen LogP contribution in [-0.2, 0) is 11.2 Å². The molecule has 0 aliphatic rings. The minimum atomic E-state index is -0.917.